The van der Waals surface area contributed by atoms with Crippen LogP contribution in [0, 0.1) is 0 Å². The van der Waals surface area contributed by atoms with Gasteiger partial charge in [-0.05, 0) is 49.6 Å². The zero-order valence-corrected chi connectivity index (χ0v) is 12.8. The minimum absolute atomic E-state index is 0.0918. The van der Waals surface area contributed by atoms with E-state index in [1.165, 1.54) is 0 Å². The first-order valence-corrected chi connectivity index (χ1v) is 7.84. The number of amides is 1. The number of nitrogens with one attached hydrogen (secondary N) is 1. The Bertz CT molecular complexity index is 630. The van der Waals surface area contributed by atoms with Crippen LogP contribution in [0.1, 0.15) is 31.7 Å². The molecule has 1 amide bonds. The Labute approximate surface area is 131 Å². The van der Waals surface area contributed by atoms with Gasteiger partial charge in [-0.2, -0.15) is 0 Å². The van der Waals surface area contributed by atoms with E-state index >= 15 is 0 Å². The second-order valence-electron chi connectivity index (χ2n) is 5.71. The van der Waals surface area contributed by atoms with Crippen LogP contribution in [0.4, 0.5) is 5.69 Å². The van der Waals surface area contributed by atoms with Crippen molar-refractivity contribution >= 4 is 11.6 Å². The van der Waals surface area contributed by atoms with E-state index in [1.54, 1.807) is 0 Å². The van der Waals surface area contributed by atoms with Crippen LogP contribution in [0.15, 0.2) is 54.6 Å². The molecule has 22 heavy (non-hydrogen) atoms. The van der Waals surface area contributed by atoms with Crippen molar-refractivity contribution in [2.75, 3.05) is 11.9 Å². The summed E-state index contributed by atoms with van der Waals surface area (Å²) in [6, 6.07) is 17.6. The molecule has 1 saturated carbocycles. The fourth-order valence-electron chi connectivity index (χ4n) is 2.99. The number of carbonyl (C=O) groups excluding carboxylic acids is 1. The molecular formula is C19H21NO2. The smallest absolute Gasteiger partial charge is 0.235 e. The Balaban J connectivity index is 1.75. The van der Waals surface area contributed by atoms with Crippen LogP contribution < -0.4 is 10.1 Å². The lowest BCUT2D eigenvalue weighted by Gasteiger charge is -2.40. The first-order chi connectivity index (χ1) is 10.7. The highest BCUT2D eigenvalue weighted by Gasteiger charge is 2.45. The third kappa shape index (κ3) is 2.71. The largest absolute Gasteiger partial charge is 0.494 e. The molecule has 0 aliphatic heterocycles. The van der Waals surface area contributed by atoms with Gasteiger partial charge in [0.15, 0.2) is 0 Å². The van der Waals surface area contributed by atoms with E-state index in [0.717, 1.165) is 36.3 Å². The molecule has 2 aromatic carbocycles. The van der Waals surface area contributed by atoms with Gasteiger partial charge >= 0.3 is 0 Å². The number of hydrogen-bond donors (Lipinski definition) is 1. The molecule has 1 fully saturated rings. The molecule has 1 N–H and O–H groups in total. The van der Waals surface area contributed by atoms with Gasteiger partial charge in [-0.25, -0.2) is 0 Å². The zero-order chi connectivity index (χ0) is 15.4. The Morgan fingerprint density at radius 1 is 1.09 bits per heavy atom. The first kappa shape index (κ1) is 14.6. The third-order valence-electron chi connectivity index (χ3n) is 4.39. The maximum absolute atomic E-state index is 12.8. The van der Waals surface area contributed by atoms with Crippen molar-refractivity contribution in [3.8, 4) is 5.75 Å². The van der Waals surface area contributed by atoms with E-state index < -0.39 is 0 Å². The van der Waals surface area contributed by atoms with Crippen LogP contribution in [-0.4, -0.2) is 12.5 Å². The van der Waals surface area contributed by atoms with E-state index in [4.69, 9.17) is 4.74 Å². The lowest BCUT2D eigenvalue weighted by molar-refractivity contribution is -0.124. The maximum atomic E-state index is 12.8. The highest BCUT2D eigenvalue weighted by molar-refractivity contribution is 5.99. The fourth-order valence-corrected chi connectivity index (χ4v) is 2.99. The van der Waals surface area contributed by atoms with Gasteiger partial charge < -0.3 is 10.1 Å². The molecule has 0 spiro atoms. The summed E-state index contributed by atoms with van der Waals surface area (Å²) in [4.78, 5) is 12.8. The van der Waals surface area contributed by atoms with Gasteiger partial charge in [-0.15, -0.1) is 0 Å². The first-order valence-electron chi connectivity index (χ1n) is 7.84. The molecule has 114 valence electrons. The van der Waals surface area contributed by atoms with Gasteiger partial charge in [0, 0.05) is 5.69 Å². The maximum Gasteiger partial charge on any atom is 0.235 e. The van der Waals surface area contributed by atoms with Gasteiger partial charge in [0.1, 0.15) is 5.75 Å². The SMILES string of the molecule is CCOc1ccc(NC(=O)C2(c3ccccc3)CCC2)cc1. The molecule has 1 aliphatic rings. The molecule has 0 atom stereocenters. The van der Waals surface area contributed by atoms with Crippen molar-refractivity contribution < 1.29 is 9.53 Å². The number of rotatable bonds is 5. The highest BCUT2D eigenvalue weighted by atomic mass is 16.5. The van der Waals surface area contributed by atoms with Gasteiger partial charge in [0.2, 0.25) is 5.91 Å². The summed E-state index contributed by atoms with van der Waals surface area (Å²) in [6.07, 6.45) is 2.94. The number of ether oxygens (including phenoxy) is 1. The average molecular weight is 295 g/mol. The number of carbonyl (C=O) groups is 1. The Morgan fingerprint density at radius 2 is 1.77 bits per heavy atom. The third-order valence-corrected chi connectivity index (χ3v) is 4.39. The van der Waals surface area contributed by atoms with E-state index in [-0.39, 0.29) is 11.3 Å². The lowest BCUT2D eigenvalue weighted by atomic mass is 9.64. The molecule has 0 radical (unpaired) electrons. The molecule has 0 aromatic heterocycles. The van der Waals surface area contributed by atoms with E-state index in [2.05, 4.69) is 17.4 Å². The predicted octanol–water partition coefficient (Wildman–Crippen LogP) is 4.15. The van der Waals surface area contributed by atoms with Crippen LogP contribution in [0.25, 0.3) is 0 Å². The van der Waals surface area contributed by atoms with Gasteiger partial charge in [0.05, 0.1) is 12.0 Å². The second kappa shape index (κ2) is 6.22. The molecular weight excluding hydrogens is 274 g/mol. The summed E-state index contributed by atoms with van der Waals surface area (Å²) in [5, 5.41) is 3.06. The van der Waals surface area contributed by atoms with Crippen LogP contribution in [0.5, 0.6) is 5.75 Å². The van der Waals surface area contributed by atoms with E-state index in [1.807, 2.05) is 49.4 Å². The number of hydrogen-bond acceptors (Lipinski definition) is 2. The predicted molar refractivity (Wildman–Crippen MR) is 88.2 cm³/mol. The van der Waals surface area contributed by atoms with Crippen LogP contribution >= 0.6 is 0 Å². The van der Waals surface area contributed by atoms with Gasteiger partial charge in [-0.3, -0.25) is 4.79 Å². The summed E-state index contributed by atoms with van der Waals surface area (Å²) in [5.74, 6) is 0.913. The standard InChI is InChI=1S/C19H21NO2/c1-2-22-17-11-9-16(10-12-17)20-18(21)19(13-6-14-19)15-7-4-3-5-8-15/h3-5,7-12H,2,6,13-14H2,1H3,(H,20,21). The van der Waals surface area contributed by atoms with Crippen molar-refractivity contribution in [3.63, 3.8) is 0 Å². The van der Waals surface area contributed by atoms with E-state index in [9.17, 15) is 4.79 Å². The number of benzene rings is 2. The molecule has 0 unspecified atom stereocenters. The van der Waals surface area contributed by atoms with Crippen LogP contribution in [0.3, 0.4) is 0 Å². The van der Waals surface area contributed by atoms with Gasteiger partial charge in [-0.1, -0.05) is 36.8 Å². The molecule has 3 rings (SSSR count). The van der Waals surface area contributed by atoms with Crippen molar-refractivity contribution in [2.45, 2.75) is 31.6 Å². The lowest BCUT2D eigenvalue weighted by Crippen LogP contribution is -2.45. The van der Waals surface area contributed by atoms with Crippen LogP contribution in [-0.2, 0) is 10.2 Å². The minimum Gasteiger partial charge on any atom is -0.494 e. The normalized spacial score (nSPS) is 15.7. The van der Waals surface area contributed by atoms with E-state index in [0.29, 0.717) is 6.61 Å². The molecule has 0 saturated heterocycles. The monoisotopic (exact) mass is 295 g/mol. The summed E-state index contributed by atoms with van der Waals surface area (Å²) in [6.45, 7) is 2.60. The van der Waals surface area contributed by atoms with Crippen LogP contribution in [0.2, 0.25) is 0 Å². The number of anilines is 1. The molecule has 2 aromatic rings. The highest BCUT2D eigenvalue weighted by Crippen LogP contribution is 2.44. The topological polar surface area (TPSA) is 38.3 Å². The summed E-state index contributed by atoms with van der Waals surface area (Å²) in [5.41, 5.74) is 1.57. The van der Waals surface area contributed by atoms with Gasteiger partial charge in [0.25, 0.3) is 0 Å². The molecule has 0 heterocycles. The van der Waals surface area contributed by atoms with Crippen molar-refractivity contribution in [1.29, 1.82) is 0 Å². The minimum atomic E-state index is -0.361. The average Bonchev–Trinajstić information content (AvgIpc) is 2.49. The van der Waals surface area contributed by atoms with Crippen molar-refractivity contribution in [2.24, 2.45) is 0 Å². The Morgan fingerprint density at radius 3 is 2.32 bits per heavy atom. The Kier molecular flexibility index (Phi) is 4.14. The summed E-state index contributed by atoms with van der Waals surface area (Å²) >= 11 is 0. The van der Waals surface area contributed by atoms with Crippen molar-refractivity contribution in [3.05, 3.63) is 60.2 Å². The quantitative estimate of drug-likeness (QED) is 0.900. The second-order valence-corrected chi connectivity index (χ2v) is 5.71. The molecule has 3 nitrogen and oxygen atoms in total. The molecule has 1 aliphatic carbocycles. The van der Waals surface area contributed by atoms with Crippen molar-refractivity contribution in [1.82, 2.24) is 0 Å². The fraction of sp³-hybridized carbons (Fsp3) is 0.316. The zero-order valence-electron chi connectivity index (χ0n) is 12.8. The summed E-state index contributed by atoms with van der Waals surface area (Å²) < 4.78 is 5.42. The Hall–Kier alpha value is -2.29. The molecule has 3 heteroatoms. The summed E-state index contributed by atoms with van der Waals surface area (Å²) in [7, 11) is 0. The molecule has 0 bridgehead atoms.